The highest BCUT2D eigenvalue weighted by molar-refractivity contribution is 7.89. The number of fused-ring (bicyclic) bond motifs is 1. The van der Waals surface area contributed by atoms with Gasteiger partial charge in [0, 0.05) is 6.54 Å². The first-order valence-electron chi connectivity index (χ1n) is 6.11. The maximum atomic E-state index is 12.1. The highest BCUT2D eigenvalue weighted by Crippen LogP contribution is 2.34. The molecule has 1 aliphatic rings. The lowest BCUT2D eigenvalue weighted by atomic mass is 9.85. The van der Waals surface area contributed by atoms with Gasteiger partial charge in [0.15, 0.2) is 0 Å². The Balaban J connectivity index is 2.57. The molecule has 0 spiro atoms. The van der Waals surface area contributed by atoms with E-state index in [4.69, 9.17) is 0 Å². The van der Waals surface area contributed by atoms with Crippen LogP contribution in [0.1, 0.15) is 38.2 Å². The number of rotatable bonds is 1. The summed E-state index contributed by atoms with van der Waals surface area (Å²) in [6, 6.07) is 7.37. The second-order valence-corrected chi connectivity index (χ2v) is 6.66. The number of sulfonamides is 1. The molecule has 1 atom stereocenters. The fourth-order valence-electron chi connectivity index (χ4n) is 2.49. The zero-order valence-corrected chi connectivity index (χ0v) is 11.1. The monoisotopic (exact) mass is 253 g/mol. The average molecular weight is 253 g/mol. The van der Waals surface area contributed by atoms with E-state index in [0.717, 1.165) is 18.4 Å². The minimum absolute atomic E-state index is 0.336. The molecule has 3 nitrogen and oxygen atoms in total. The van der Waals surface area contributed by atoms with Crippen molar-refractivity contribution in [2.75, 3.05) is 6.54 Å². The smallest absolute Gasteiger partial charge is 0.211 e. The van der Waals surface area contributed by atoms with Gasteiger partial charge in [0.05, 0.1) is 4.90 Å². The van der Waals surface area contributed by atoms with Crippen LogP contribution in [0.3, 0.4) is 0 Å². The molecule has 2 rings (SSSR count). The first kappa shape index (κ1) is 12.6. The third-order valence-corrected chi connectivity index (χ3v) is 4.93. The van der Waals surface area contributed by atoms with E-state index in [1.165, 1.54) is 0 Å². The van der Waals surface area contributed by atoms with Crippen LogP contribution in [0.25, 0.3) is 0 Å². The van der Waals surface area contributed by atoms with Crippen molar-refractivity contribution < 1.29 is 8.42 Å². The molecule has 0 aliphatic carbocycles. The highest BCUT2D eigenvalue weighted by Gasteiger charge is 2.26. The molecule has 1 aromatic carbocycles. The number of nitrogens with one attached hydrogen (secondary N) is 1. The SMILES string of the molecule is CC(C)C1CCCNS(=O)(=O)c2ccccc21. The Hall–Kier alpha value is -0.870. The molecule has 1 unspecified atom stereocenters. The lowest BCUT2D eigenvalue weighted by molar-refractivity contribution is 0.441. The largest absolute Gasteiger partial charge is 0.240 e. The fraction of sp³-hybridized carbons (Fsp3) is 0.538. The Bertz CT molecular complexity index is 494. The van der Waals surface area contributed by atoms with E-state index in [9.17, 15) is 8.42 Å². The Labute approximate surface area is 103 Å². The molecule has 0 amide bonds. The van der Waals surface area contributed by atoms with Gasteiger partial charge in [-0.15, -0.1) is 0 Å². The molecular formula is C13H19NO2S. The van der Waals surface area contributed by atoms with Crippen LogP contribution in [0.4, 0.5) is 0 Å². The van der Waals surface area contributed by atoms with E-state index in [-0.39, 0.29) is 0 Å². The van der Waals surface area contributed by atoms with Crippen LogP contribution < -0.4 is 4.72 Å². The van der Waals surface area contributed by atoms with Gasteiger partial charge in [-0.05, 0) is 36.3 Å². The molecule has 0 aromatic heterocycles. The topological polar surface area (TPSA) is 46.2 Å². The van der Waals surface area contributed by atoms with Crippen LogP contribution in [0.5, 0.6) is 0 Å². The van der Waals surface area contributed by atoms with Gasteiger partial charge in [0.25, 0.3) is 0 Å². The van der Waals surface area contributed by atoms with E-state index in [2.05, 4.69) is 18.6 Å². The summed E-state index contributed by atoms with van der Waals surface area (Å²) in [5, 5.41) is 0. The van der Waals surface area contributed by atoms with Crippen molar-refractivity contribution in [3.63, 3.8) is 0 Å². The minimum atomic E-state index is -3.32. The van der Waals surface area contributed by atoms with Crippen molar-refractivity contribution in [3.8, 4) is 0 Å². The number of benzene rings is 1. The second-order valence-electron chi connectivity index (χ2n) is 4.93. The first-order valence-corrected chi connectivity index (χ1v) is 7.59. The van der Waals surface area contributed by atoms with E-state index >= 15 is 0 Å². The van der Waals surface area contributed by atoms with Crippen molar-refractivity contribution >= 4 is 10.0 Å². The van der Waals surface area contributed by atoms with Gasteiger partial charge in [-0.1, -0.05) is 32.0 Å². The number of hydrogen-bond acceptors (Lipinski definition) is 2. The summed E-state index contributed by atoms with van der Waals surface area (Å²) in [4.78, 5) is 0.457. The Morgan fingerprint density at radius 1 is 1.29 bits per heavy atom. The number of hydrogen-bond donors (Lipinski definition) is 1. The minimum Gasteiger partial charge on any atom is -0.211 e. The van der Waals surface area contributed by atoms with Crippen molar-refractivity contribution in [3.05, 3.63) is 29.8 Å². The third-order valence-electron chi connectivity index (χ3n) is 3.40. The van der Waals surface area contributed by atoms with E-state index < -0.39 is 10.0 Å². The van der Waals surface area contributed by atoms with Crippen molar-refractivity contribution in [2.45, 2.75) is 37.5 Å². The molecule has 0 radical (unpaired) electrons. The van der Waals surface area contributed by atoms with Gasteiger partial charge >= 0.3 is 0 Å². The second kappa shape index (κ2) is 4.78. The zero-order valence-electron chi connectivity index (χ0n) is 10.3. The van der Waals surface area contributed by atoms with E-state index in [1.54, 1.807) is 12.1 Å². The normalized spacial score (nSPS) is 23.8. The van der Waals surface area contributed by atoms with Crippen LogP contribution in [-0.4, -0.2) is 15.0 Å². The molecular weight excluding hydrogens is 234 g/mol. The maximum absolute atomic E-state index is 12.1. The van der Waals surface area contributed by atoms with Crippen molar-refractivity contribution in [1.82, 2.24) is 4.72 Å². The highest BCUT2D eigenvalue weighted by atomic mass is 32.2. The molecule has 0 fully saturated rings. The Morgan fingerprint density at radius 2 is 2.00 bits per heavy atom. The fourth-order valence-corrected chi connectivity index (χ4v) is 3.84. The summed E-state index contributed by atoms with van der Waals surface area (Å²) in [5.41, 5.74) is 0.967. The molecule has 0 bridgehead atoms. The molecule has 4 heteroatoms. The van der Waals surface area contributed by atoms with Crippen LogP contribution in [-0.2, 0) is 10.0 Å². The lowest BCUT2D eigenvalue weighted by Gasteiger charge is -2.26. The van der Waals surface area contributed by atoms with Crippen LogP contribution >= 0.6 is 0 Å². The van der Waals surface area contributed by atoms with Gasteiger partial charge < -0.3 is 0 Å². The molecule has 1 heterocycles. The molecule has 17 heavy (non-hydrogen) atoms. The maximum Gasteiger partial charge on any atom is 0.240 e. The van der Waals surface area contributed by atoms with Gasteiger partial charge in [-0.2, -0.15) is 0 Å². The van der Waals surface area contributed by atoms with Crippen LogP contribution in [0.15, 0.2) is 29.2 Å². The van der Waals surface area contributed by atoms with Gasteiger partial charge in [-0.3, -0.25) is 0 Å². The standard InChI is InChI=1S/C13H19NO2S/c1-10(2)11-7-5-9-14-17(15,16)13-8-4-3-6-12(11)13/h3-4,6,8,10-11,14H,5,7,9H2,1-2H3. The Kier molecular flexibility index (Phi) is 3.54. The summed E-state index contributed by atoms with van der Waals surface area (Å²) in [6.45, 7) is 4.85. The lowest BCUT2D eigenvalue weighted by Crippen LogP contribution is -2.29. The molecule has 0 saturated heterocycles. The summed E-state index contributed by atoms with van der Waals surface area (Å²) in [6.07, 6.45) is 1.94. The molecule has 0 saturated carbocycles. The third kappa shape index (κ3) is 2.53. The Morgan fingerprint density at radius 3 is 2.71 bits per heavy atom. The average Bonchev–Trinajstić information content (AvgIpc) is 2.26. The van der Waals surface area contributed by atoms with Crippen LogP contribution in [0.2, 0.25) is 0 Å². The molecule has 1 aliphatic heterocycles. The zero-order chi connectivity index (χ0) is 12.5. The summed E-state index contributed by atoms with van der Waals surface area (Å²) < 4.78 is 26.9. The van der Waals surface area contributed by atoms with Gasteiger partial charge in [0.1, 0.15) is 0 Å². The van der Waals surface area contributed by atoms with E-state index in [1.807, 2.05) is 12.1 Å². The van der Waals surface area contributed by atoms with Crippen LogP contribution in [0, 0.1) is 5.92 Å². The molecule has 1 N–H and O–H groups in total. The predicted octanol–water partition coefficient (Wildman–Crippen LogP) is 2.50. The summed E-state index contributed by atoms with van der Waals surface area (Å²) in [5.74, 6) is 0.799. The summed E-state index contributed by atoms with van der Waals surface area (Å²) in [7, 11) is -3.32. The quantitative estimate of drug-likeness (QED) is 0.836. The van der Waals surface area contributed by atoms with E-state index in [0.29, 0.717) is 23.3 Å². The predicted molar refractivity (Wildman–Crippen MR) is 68.4 cm³/mol. The molecule has 94 valence electrons. The van der Waals surface area contributed by atoms with Crippen molar-refractivity contribution in [1.29, 1.82) is 0 Å². The molecule has 1 aromatic rings. The van der Waals surface area contributed by atoms with Gasteiger partial charge in [0.2, 0.25) is 10.0 Å². The van der Waals surface area contributed by atoms with Gasteiger partial charge in [-0.25, -0.2) is 13.1 Å². The van der Waals surface area contributed by atoms with Crippen molar-refractivity contribution in [2.24, 2.45) is 5.92 Å². The first-order chi connectivity index (χ1) is 8.02. The summed E-state index contributed by atoms with van der Waals surface area (Å²) >= 11 is 0.